The second-order valence-corrected chi connectivity index (χ2v) is 4.34. The average Bonchev–Trinajstić information content (AvgIpc) is 2.53. The van der Waals surface area contributed by atoms with Gasteiger partial charge in [0.15, 0.2) is 0 Å². The first-order valence-electron chi connectivity index (χ1n) is 6.57. The molecule has 0 unspecified atom stereocenters. The molecule has 1 aromatic heterocycles. The Hall–Kier alpha value is -2.43. The second-order valence-electron chi connectivity index (χ2n) is 4.34. The molecule has 5 nitrogen and oxygen atoms in total. The van der Waals surface area contributed by atoms with Crippen molar-refractivity contribution in [2.45, 2.75) is 13.5 Å². The van der Waals surface area contributed by atoms with E-state index in [1.54, 1.807) is 18.1 Å². The normalized spacial score (nSPS) is 10.1. The van der Waals surface area contributed by atoms with Crippen LogP contribution >= 0.6 is 0 Å². The van der Waals surface area contributed by atoms with Crippen molar-refractivity contribution in [3.05, 3.63) is 54.0 Å². The Kier molecular flexibility index (Phi) is 4.65. The quantitative estimate of drug-likeness (QED) is 0.904. The molecule has 0 fully saturated rings. The van der Waals surface area contributed by atoms with Crippen molar-refractivity contribution >= 4 is 11.7 Å². The highest BCUT2D eigenvalue weighted by Crippen LogP contribution is 2.09. The number of hydrogen-bond donors (Lipinski definition) is 1. The first kappa shape index (κ1) is 14.0. The Balaban J connectivity index is 2.12. The SMILES string of the molecule is CCN(Cc1ccccc1)C(=O)c1cnc(NC)cn1. The lowest BCUT2D eigenvalue weighted by atomic mass is 10.2. The fourth-order valence-electron chi connectivity index (χ4n) is 1.86. The van der Waals surface area contributed by atoms with Crippen LogP contribution in [-0.2, 0) is 6.54 Å². The first-order valence-corrected chi connectivity index (χ1v) is 6.57. The predicted octanol–water partition coefficient (Wildman–Crippen LogP) is 2.18. The van der Waals surface area contributed by atoms with Gasteiger partial charge in [-0.25, -0.2) is 9.97 Å². The second kappa shape index (κ2) is 6.65. The lowest BCUT2D eigenvalue weighted by Gasteiger charge is -2.20. The van der Waals surface area contributed by atoms with Gasteiger partial charge in [-0.05, 0) is 12.5 Å². The van der Waals surface area contributed by atoms with Gasteiger partial charge >= 0.3 is 0 Å². The minimum Gasteiger partial charge on any atom is -0.372 e. The van der Waals surface area contributed by atoms with E-state index in [0.717, 1.165) is 5.56 Å². The third-order valence-electron chi connectivity index (χ3n) is 3.01. The Morgan fingerprint density at radius 3 is 2.50 bits per heavy atom. The number of aromatic nitrogens is 2. The molecular formula is C15H18N4O. The van der Waals surface area contributed by atoms with Gasteiger partial charge in [0.2, 0.25) is 0 Å². The maximum atomic E-state index is 12.4. The minimum atomic E-state index is -0.105. The number of anilines is 1. The Bertz CT molecular complexity index is 554. The maximum Gasteiger partial charge on any atom is 0.274 e. The van der Waals surface area contributed by atoms with E-state index in [1.807, 2.05) is 37.3 Å². The monoisotopic (exact) mass is 270 g/mol. The molecule has 5 heteroatoms. The summed E-state index contributed by atoms with van der Waals surface area (Å²) in [6.07, 6.45) is 3.06. The molecule has 2 aromatic rings. The summed E-state index contributed by atoms with van der Waals surface area (Å²) in [6.45, 7) is 3.16. The molecule has 0 atom stereocenters. The Labute approximate surface area is 118 Å². The zero-order valence-electron chi connectivity index (χ0n) is 11.7. The van der Waals surface area contributed by atoms with E-state index < -0.39 is 0 Å². The van der Waals surface area contributed by atoms with E-state index in [1.165, 1.54) is 6.20 Å². The first-order chi connectivity index (χ1) is 9.74. The molecule has 0 aliphatic carbocycles. The molecule has 104 valence electrons. The Morgan fingerprint density at radius 2 is 1.95 bits per heavy atom. The molecule has 0 saturated carbocycles. The van der Waals surface area contributed by atoms with Crippen molar-refractivity contribution in [1.82, 2.24) is 14.9 Å². The molecular weight excluding hydrogens is 252 g/mol. The van der Waals surface area contributed by atoms with E-state index >= 15 is 0 Å². The van der Waals surface area contributed by atoms with Crippen molar-refractivity contribution in [3.8, 4) is 0 Å². The van der Waals surface area contributed by atoms with Gasteiger partial charge in [0.25, 0.3) is 5.91 Å². The number of benzene rings is 1. The number of carbonyl (C=O) groups is 1. The van der Waals surface area contributed by atoms with Gasteiger partial charge in [0.1, 0.15) is 11.5 Å². The maximum absolute atomic E-state index is 12.4. The number of carbonyl (C=O) groups excluding carboxylic acids is 1. The zero-order chi connectivity index (χ0) is 14.4. The minimum absolute atomic E-state index is 0.105. The van der Waals surface area contributed by atoms with Crippen molar-refractivity contribution in [2.75, 3.05) is 18.9 Å². The molecule has 2 rings (SSSR count). The lowest BCUT2D eigenvalue weighted by molar-refractivity contribution is 0.0746. The van der Waals surface area contributed by atoms with Crippen LogP contribution in [0.5, 0.6) is 0 Å². The highest BCUT2D eigenvalue weighted by Gasteiger charge is 2.16. The van der Waals surface area contributed by atoms with Crippen LogP contribution in [0.3, 0.4) is 0 Å². The summed E-state index contributed by atoms with van der Waals surface area (Å²) in [4.78, 5) is 22.4. The van der Waals surface area contributed by atoms with Crippen LogP contribution in [0.2, 0.25) is 0 Å². The van der Waals surface area contributed by atoms with E-state index in [0.29, 0.717) is 24.6 Å². The average molecular weight is 270 g/mol. The zero-order valence-corrected chi connectivity index (χ0v) is 11.7. The molecule has 0 aliphatic rings. The summed E-state index contributed by atoms with van der Waals surface area (Å²) in [5, 5.41) is 2.88. The molecule has 0 spiro atoms. The van der Waals surface area contributed by atoms with Crippen molar-refractivity contribution in [2.24, 2.45) is 0 Å². The largest absolute Gasteiger partial charge is 0.372 e. The van der Waals surface area contributed by atoms with Gasteiger partial charge in [-0.1, -0.05) is 30.3 Å². The van der Waals surface area contributed by atoms with Crippen LogP contribution in [0.1, 0.15) is 23.0 Å². The highest BCUT2D eigenvalue weighted by molar-refractivity contribution is 5.92. The summed E-state index contributed by atoms with van der Waals surface area (Å²) < 4.78 is 0. The summed E-state index contributed by atoms with van der Waals surface area (Å²) >= 11 is 0. The third kappa shape index (κ3) is 3.32. The fourth-order valence-corrected chi connectivity index (χ4v) is 1.86. The van der Waals surface area contributed by atoms with Crippen molar-refractivity contribution in [1.29, 1.82) is 0 Å². The molecule has 1 heterocycles. The van der Waals surface area contributed by atoms with Crippen LogP contribution in [0.15, 0.2) is 42.7 Å². The number of hydrogen-bond acceptors (Lipinski definition) is 4. The van der Waals surface area contributed by atoms with Gasteiger partial charge in [-0.2, -0.15) is 0 Å². The van der Waals surface area contributed by atoms with Gasteiger partial charge in [-0.15, -0.1) is 0 Å². The number of nitrogens with zero attached hydrogens (tertiary/aromatic N) is 3. The van der Waals surface area contributed by atoms with E-state index in [9.17, 15) is 4.79 Å². The van der Waals surface area contributed by atoms with Crippen LogP contribution in [0, 0.1) is 0 Å². The summed E-state index contributed by atoms with van der Waals surface area (Å²) in [5.74, 6) is 0.541. The van der Waals surface area contributed by atoms with Crippen LogP contribution in [0.4, 0.5) is 5.82 Å². The molecule has 0 aliphatic heterocycles. The number of rotatable bonds is 5. The van der Waals surface area contributed by atoms with Gasteiger partial charge in [-0.3, -0.25) is 4.79 Å². The van der Waals surface area contributed by atoms with E-state index in [4.69, 9.17) is 0 Å². The van der Waals surface area contributed by atoms with Gasteiger partial charge < -0.3 is 10.2 Å². The number of amides is 1. The topological polar surface area (TPSA) is 58.1 Å². The molecule has 1 amide bonds. The molecule has 1 N–H and O–H groups in total. The molecule has 0 bridgehead atoms. The van der Waals surface area contributed by atoms with Crippen molar-refractivity contribution < 1.29 is 4.79 Å². The fraction of sp³-hybridized carbons (Fsp3) is 0.267. The molecule has 0 saturated heterocycles. The van der Waals surface area contributed by atoms with Gasteiger partial charge in [0.05, 0.1) is 12.4 Å². The standard InChI is InChI=1S/C15H18N4O/c1-3-19(11-12-7-5-4-6-8-12)15(20)13-9-18-14(16-2)10-17-13/h4-10H,3,11H2,1-2H3,(H,16,18). The summed E-state index contributed by atoms with van der Waals surface area (Å²) in [7, 11) is 1.76. The molecule has 1 aromatic carbocycles. The highest BCUT2D eigenvalue weighted by atomic mass is 16.2. The summed E-state index contributed by atoms with van der Waals surface area (Å²) in [6, 6.07) is 9.91. The van der Waals surface area contributed by atoms with Gasteiger partial charge in [0, 0.05) is 20.1 Å². The van der Waals surface area contributed by atoms with Crippen LogP contribution in [0.25, 0.3) is 0 Å². The molecule has 0 radical (unpaired) electrons. The van der Waals surface area contributed by atoms with E-state index in [2.05, 4.69) is 15.3 Å². The van der Waals surface area contributed by atoms with Crippen LogP contribution in [-0.4, -0.2) is 34.4 Å². The van der Waals surface area contributed by atoms with Crippen molar-refractivity contribution in [3.63, 3.8) is 0 Å². The lowest BCUT2D eigenvalue weighted by Crippen LogP contribution is -2.31. The van der Waals surface area contributed by atoms with Crippen LogP contribution < -0.4 is 5.32 Å². The summed E-state index contributed by atoms with van der Waals surface area (Å²) in [5.41, 5.74) is 1.46. The Morgan fingerprint density at radius 1 is 1.20 bits per heavy atom. The smallest absolute Gasteiger partial charge is 0.274 e. The molecule has 20 heavy (non-hydrogen) atoms. The predicted molar refractivity (Wildman–Crippen MR) is 78.4 cm³/mol. The third-order valence-corrected chi connectivity index (χ3v) is 3.01. The van der Waals surface area contributed by atoms with E-state index in [-0.39, 0.29) is 5.91 Å². The number of nitrogens with one attached hydrogen (secondary N) is 1.